The molecule has 2 saturated heterocycles. The third-order valence-corrected chi connectivity index (χ3v) is 4.86. The van der Waals surface area contributed by atoms with Crippen molar-refractivity contribution < 1.29 is 9.47 Å². The minimum absolute atomic E-state index is 0.141. The summed E-state index contributed by atoms with van der Waals surface area (Å²) in [5.41, 5.74) is 1.42. The number of likely N-dealkylation sites (tertiary alicyclic amines) is 1. The Morgan fingerprint density at radius 2 is 2.50 bits per heavy atom. The first kappa shape index (κ1) is 15.7. The van der Waals surface area contributed by atoms with Crippen molar-refractivity contribution in [2.24, 2.45) is 12.5 Å². The molecule has 2 aliphatic heterocycles. The standard InChI is InChI=1S/C17H27N3O2/c1-3-8-21-14-17-6-4-9-22-16(17)5-7-20(13-17)12-15-10-18-19(2)11-15/h3,10-11,16H,1,4-9,12-14H2,2H3/t16-,17+/m0/s1. The normalized spacial score (nSPS) is 29.2. The van der Waals surface area contributed by atoms with Crippen LogP contribution in [0.4, 0.5) is 0 Å². The summed E-state index contributed by atoms with van der Waals surface area (Å²) >= 11 is 0. The lowest BCUT2D eigenvalue weighted by atomic mass is 9.73. The molecule has 2 fully saturated rings. The van der Waals surface area contributed by atoms with E-state index in [1.165, 1.54) is 12.0 Å². The lowest BCUT2D eigenvalue weighted by Gasteiger charge is -2.50. The van der Waals surface area contributed by atoms with Gasteiger partial charge in [0.2, 0.25) is 0 Å². The maximum absolute atomic E-state index is 6.07. The van der Waals surface area contributed by atoms with Gasteiger partial charge in [-0.05, 0) is 19.3 Å². The highest BCUT2D eigenvalue weighted by atomic mass is 16.5. The van der Waals surface area contributed by atoms with E-state index in [-0.39, 0.29) is 5.41 Å². The van der Waals surface area contributed by atoms with Crippen molar-refractivity contribution in [1.82, 2.24) is 14.7 Å². The molecule has 0 amide bonds. The monoisotopic (exact) mass is 305 g/mol. The van der Waals surface area contributed by atoms with E-state index < -0.39 is 0 Å². The van der Waals surface area contributed by atoms with Gasteiger partial charge in [-0.25, -0.2) is 0 Å². The zero-order valence-electron chi connectivity index (χ0n) is 13.5. The van der Waals surface area contributed by atoms with Crippen LogP contribution in [0.5, 0.6) is 0 Å². The van der Waals surface area contributed by atoms with E-state index in [1.807, 2.05) is 24.0 Å². The third kappa shape index (κ3) is 3.42. The third-order valence-electron chi connectivity index (χ3n) is 4.86. The minimum Gasteiger partial charge on any atom is -0.377 e. The van der Waals surface area contributed by atoms with Crippen molar-refractivity contribution in [2.75, 3.05) is 32.9 Å². The zero-order chi connectivity index (χ0) is 15.4. The molecule has 3 rings (SSSR count). The lowest BCUT2D eigenvalue weighted by Crippen LogP contribution is -2.56. The van der Waals surface area contributed by atoms with Crippen LogP contribution in [0.15, 0.2) is 25.0 Å². The van der Waals surface area contributed by atoms with Gasteiger partial charge in [0.1, 0.15) is 0 Å². The molecule has 0 aromatic carbocycles. The van der Waals surface area contributed by atoms with Gasteiger partial charge in [0.05, 0.1) is 25.5 Å². The first-order valence-electron chi connectivity index (χ1n) is 8.22. The topological polar surface area (TPSA) is 39.5 Å². The van der Waals surface area contributed by atoms with Crippen molar-refractivity contribution in [1.29, 1.82) is 0 Å². The van der Waals surface area contributed by atoms with E-state index in [1.54, 1.807) is 0 Å². The molecule has 0 saturated carbocycles. The number of piperidine rings is 1. The highest BCUT2D eigenvalue weighted by molar-refractivity contribution is 5.05. The molecular weight excluding hydrogens is 278 g/mol. The minimum atomic E-state index is 0.141. The van der Waals surface area contributed by atoms with Crippen LogP contribution < -0.4 is 0 Å². The van der Waals surface area contributed by atoms with E-state index in [0.717, 1.165) is 45.7 Å². The Hall–Kier alpha value is -1.17. The van der Waals surface area contributed by atoms with Crippen molar-refractivity contribution in [2.45, 2.75) is 31.9 Å². The molecule has 0 bridgehead atoms. The summed E-state index contributed by atoms with van der Waals surface area (Å²) in [4.78, 5) is 2.53. The van der Waals surface area contributed by atoms with Gasteiger partial charge >= 0.3 is 0 Å². The molecule has 0 unspecified atom stereocenters. The number of fused-ring (bicyclic) bond motifs is 1. The van der Waals surface area contributed by atoms with Gasteiger partial charge in [-0.3, -0.25) is 9.58 Å². The zero-order valence-corrected chi connectivity index (χ0v) is 13.5. The predicted octanol–water partition coefficient (Wildman–Crippen LogP) is 1.99. The van der Waals surface area contributed by atoms with E-state index >= 15 is 0 Å². The van der Waals surface area contributed by atoms with Crippen LogP contribution in [0.25, 0.3) is 0 Å². The Morgan fingerprint density at radius 1 is 1.59 bits per heavy atom. The first-order chi connectivity index (χ1) is 10.7. The predicted molar refractivity (Wildman–Crippen MR) is 85.5 cm³/mol. The molecule has 5 nitrogen and oxygen atoms in total. The van der Waals surface area contributed by atoms with E-state index in [2.05, 4.69) is 22.8 Å². The summed E-state index contributed by atoms with van der Waals surface area (Å²) in [6.45, 7) is 9.13. The SMILES string of the molecule is C=CCOC[C@]12CCCO[C@H]1CCN(Cc1cnn(C)c1)C2. The number of aryl methyl sites for hydroxylation is 1. The first-order valence-corrected chi connectivity index (χ1v) is 8.22. The molecule has 122 valence electrons. The van der Waals surface area contributed by atoms with Crippen LogP contribution >= 0.6 is 0 Å². The molecule has 0 aliphatic carbocycles. The summed E-state index contributed by atoms with van der Waals surface area (Å²) in [5.74, 6) is 0. The van der Waals surface area contributed by atoms with Gasteiger partial charge in [0.25, 0.3) is 0 Å². The highest BCUT2D eigenvalue weighted by Crippen LogP contribution is 2.40. The average molecular weight is 305 g/mol. The van der Waals surface area contributed by atoms with Gasteiger partial charge in [-0.15, -0.1) is 6.58 Å². The van der Waals surface area contributed by atoms with Gasteiger partial charge in [-0.1, -0.05) is 6.08 Å². The maximum Gasteiger partial charge on any atom is 0.0677 e. The van der Waals surface area contributed by atoms with Crippen LogP contribution in [0.3, 0.4) is 0 Å². The fourth-order valence-electron chi connectivity index (χ4n) is 3.89. The second-order valence-electron chi connectivity index (χ2n) is 6.65. The van der Waals surface area contributed by atoms with E-state index in [0.29, 0.717) is 12.7 Å². The molecule has 0 N–H and O–H groups in total. The van der Waals surface area contributed by atoms with Crippen molar-refractivity contribution in [3.05, 3.63) is 30.6 Å². The molecule has 5 heteroatoms. The molecular formula is C17H27N3O2. The molecule has 2 atom stereocenters. The Bertz CT molecular complexity index is 502. The van der Waals surface area contributed by atoms with Crippen LogP contribution in [0.1, 0.15) is 24.8 Å². The largest absolute Gasteiger partial charge is 0.377 e. The lowest BCUT2D eigenvalue weighted by molar-refractivity contribution is -0.152. The number of ether oxygens (including phenoxy) is 2. The Kier molecular flexibility index (Phi) is 4.96. The molecule has 0 radical (unpaired) electrons. The van der Waals surface area contributed by atoms with Crippen LogP contribution in [0, 0.1) is 5.41 Å². The van der Waals surface area contributed by atoms with Crippen molar-refractivity contribution in [3.8, 4) is 0 Å². The number of hydrogen-bond donors (Lipinski definition) is 0. The Balaban J connectivity index is 1.66. The fourth-order valence-corrected chi connectivity index (χ4v) is 3.89. The smallest absolute Gasteiger partial charge is 0.0677 e. The van der Waals surface area contributed by atoms with Gasteiger partial charge < -0.3 is 9.47 Å². The van der Waals surface area contributed by atoms with Gasteiger partial charge in [0.15, 0.2) is 0 Å². The summed E-state index contributed by atoms with van der Waals surface area (Å²) < 4.78 is 13.8. The Labute approximate surface area is 132 Å². The van der Waals surface area contributed by atoms with Crippen LogP contribution in [-0.2, 0) is 23.1 Å². The molecule has 0 spiro atoms. The molecule has 2 aliphatic rings. The Morgan fingerprint density at radius 3 is 3.27 bits per heavy atom. The van der Waals surface area contributed by atoms with Gasteiger partial charge in [0, 0.05) is 50.5 Å². The van der Waals surface area contributed by atoms with Crippen LogP contribution in [0.2, 0.25) is 0 Å². The highest BCUT2D eigenvalue weighted by Gasteiger charge is 2.46. The number of hydrogen-bond acceptors (Lipinski definition) is 4. The molecule has 22 heavy (non-hydrogen) atoms. The second kappa shape index (κ2) is 6.94. The summed E-state index contributed by atoms with van der Waals surface area (Å²) in [6, 6.07) is 0. The molecule has 1 aromatic heterocycles. The summed E-state index contributed by atoms with van der Waals surface area (Å²) in [5, 5.41) is 4.27. The number of aromatic nitrogens is 2. The summed E-state index contributed by atoms with van der Waals surface area (Å²) in [7, 11) is 1.97. The summed E-state index contributed by atoms with van der Waals surface area (Å²) in [6.07, 6.45) is 9.65. The second-order valence-corrected chi connectivity index (χ2v) is 6.65. The quantitative estimate of drug-likeness (QED) is 0.595. The fraction of sp³-hybridized carbons (Fsp3) is 0.706. The van der Waals surface area contributed by atoms with Crippen LogP contribution in [-0.4, -0.2) is 53.7 Å². The van der Waals surface area contributed by atoms with E-state index in [4.69, 9.17) is 9.47 Å². The molecule has 1 aromatic rings. The maximum atomic E-state index is 6.07. The van der Waals surface area contributed by atoms with Crippen molar-refractivity contribution >= 4 is 0 Å². The number of rotatable bonds is 6. The van der Waals surface area contributed by atoms with E-state index in [9.17, 15) is 0 Å². The van der Waals surface area contributed by atoms with Gasteiger partial charge in [-0.2, -0.15) is 5.10 Å². The van der Waals surface area contributed by atoms with Crippen molar-refractivity contribution in [3.63, 3.8) is 0 Å². The average Bonchev–Trinajstić information content (AvgIpc) is 2.92. The molecule has 3 heterocycles. The number of nitrogens with zero attached hydrogens (tertiary/aromatic N) is 3.